The molecule has 2 aromatic rings. The first-order valence-electron chi connectivity index (χ1n) is 6.49. The van der Waals surface area contributed by atoms with Crippen LogP contribution in [0.4, 0.5) is 0 Å². The third kappa shape index (κ3) is 2.96. The molecule has 6 heteroatoms. The van der Waals surface area contributed by atoms with Gasteiger partial charge in [-0.1, -0.05) is 26.0 Å². The Morgan fingerprint density at radius 3 is 2.70 bits per heavy atom. The third-order valence-corrected chi connectivity index (χ3v) is 2.99. The Hall–Kier alpha value is -2.37. The molecular weight excluding hydrogens is 256 g/mol. The largest absolute Gasteiger partial charge is 0.368 e. The number of fused-ring (bicyclic) bond motifs is 1. The van der Waals surface area contributed by atoms with Crippen molar-refractivity contribution in [2.75, 3.05) is 0 Å². The Morgan fingerprint density at radius 1 is 1.35 bits per heavy atom. The maximum atomic E-state index is 11.6. The number of aromatic nitrogens is 2. The van der Waals surface area contributed by atoms with Crippen LogP contribution in [0.15, 0.2) is 24.3 Å². The normalized spacial score (nSPS) is 10.9. The van der Waals surface area contributed by atoms with Crippen LogP contribution in [-0.2, 0) is 22.7 Å². The maximum absolute atomic E-state index is 11.6. The number of para-hydroxylation sites is 2. The zero-order valence-corrected chi connectivity index (χ0v) is 11.6. The molecule has 0 bridgehead atoms. The van der Waals surface area contributed by atoms with E-state index >= 15 is 0 Å². The number of amides is 2. The smallest absolute Gasteiger partial charge is 0.237 e. The van der Waals surface area contributed by atoms with E-state index in [1.807, 2.05) is 38.1 Å². The van der Waals surface area contributed by atoms with Crippen LogP contribution in [-0.4, -0.2) is 21.4 Å². The van der Waals surface area contributed by atoms with E-state index in [0.29, 0.717) is 5.82 Å². The average Bonchev–Trinajstić information content (AvgIpc) is 2.73. The second-order valence-electron chi connectivity index (χ2n) is 4.94. The summed E-state index contributed by atoms with van der Waals surface area (Å²) in [6, 6.07) is 7.48. The van der Waals surface area contributed by atoms with Crippen molar-refractivity contribution in [2.24, 2.45) is 11.7 Å². The summed E-state index contributed by atoms with van der Waals surface area (Å²) >= 11 is 0. The number of carbonyl (C=O) groups excluding carboxylic acids is 2. The fraction of sp³-hybridized carbons (Fsp3) is 0.357. The van der Waals surface area contributed by atoms with Crippen LogP contribution in [0.1, 0.15) is 19.7 Å². The molecule has 106 valence electrons. The van der Waals surface area contributed by atoms with Gasteiger partial charge < -0.3 is 15.6 Å². The number of nitrogens with two attached hydrogens (primary N) is 1. The quantitative estimate of drug-likeness (QED) is 0.844. The number of nitrogens with one attached hydrogen (secondary N) is 1. The Bertz CT molecular complexity index is 646. The monoisotopic (exact) mass is 274 g/mol. The van der Waals surface area contributed by atoms with Crippen molar-refractivity contribution in [3.8, 4) is 0 Å². The lowest BCUT2D eigenvalue weighted by Gasteiger charge is -2.09. The van der Waals surface area contributed by atoms with Crippen LogP contribution in [0.25, 0.3) is 11.0 Å². The molecule has 6 nitrogen and oxygen atoms in total. The van der Waals surface area contributed by atoms with Crippen molar-refractivity contribution < 1.29 is 9.59 Å². The SMILES string of the molecule is CC(C)C(=O)NCc1nc2ccccc2n1CC(N)=O. The first-order valence-corrected chi connectivity index (χ1v) is 6.49. The standard InChI is InChI=1S/C14H18N4O2/c1-9(2)14(20)16-7-13-17-10-5-3-4-6-11(10)18(13)8-12(15)19/h3-6,9H,7-8H2,1-2H3,(H2,15,19)(H,16,20). The molecule has 1 heterocycles. The molecular formula is C14H18N4O2. The predicted molar refractivity (Wildman–Crippen MR) is 75.6 cm³/mol. The van der Waals surface area contributed by atoms with E-state index < -0.39 is 5.91 Å². The highest BCUT2D eigenvalue weighted by atomic mass is 16.2. The van der Waals surface area contributed by atoms with Gasteiger partial charge in [-0.05, 0) is 12.1 Å². The zero-order chi connectivity index (χ0) is 14.7. The van der Waals surface area contributed by atoms with Gasteiger partial charge in [0.05, 0.1) is 17.6 Å². The molecule has 20 heavy (non-hydrogen) atoms. The predicted octanol–water partition coefficient (Wildman–Crippen LogP) is 0.794. The summed E-state index contributed by atoms with van der Waals surface area (Å²) in [5.74, 6) is 0.0373. The summed E-state index contributed by atoms with van der Waals surface area (Å²) in [7, 11) is 0. The van der Waals surface area contributed by atoms with Crippen molar-refractivity contribution in [3.05, 3.63) is 30.1 Å². The van der Waals surface area contributed by atoms with Crippen LogP contribution in [0.3, 0.4) is 0 Å². The third-order valence-electron chi connectivity index (χ3n) is 2.99. The minimum Gasteiger partial charge on any atom is -0.368 e. The Kier molecular flexibility index (Phi) is 4.02. The number of benzene rings is 1. The fourth-order valence-corrected chi connectivity index (χ4v) is 1.96. The Labute approximate surface area is 117 Å². The number of rotatable bonds is 5. The van der Waals surface area contributed by atoms with E-state index in [0.717, 1.165) is 11.0 Å². The van der Waals surface area contributed by atoms with E-state index in [1.54, 1.807) is 4.57 Å². The summed E-state index contributed by atoms with van der Waals surface area (Å²) in [6.07, 6.45) is 0. The lowest BCUT2D eigenvalue weighted by Crippen LogP contribution is -2.29. The van der Waals surface area contributed by atoms with Crippen molar-refractivity contribution in [3.63, 3.8) is 0 Å². The van der Waals surface area contributed by atoms with Gasteiger partial charge in [-0.2, -0.15) is 0 Å². The molecule has 2 rings (SSSR count). The van der Waals surface area contributed by atoms with Crippen LogP contribution in [0.2, 0.25) is 0 Å². The van der Waals surface area contributed by atoms with E-state index in [-0.39, 0.29) is 24.9 Å². The van der Waals surface area contributed by atoms with E-state index in [1.165, 1.54) is 0 Å². The second-order valence-corrected chi connectivity index (χ2v) is 4.94. The number of primary amides is 1. The minimum atomic E-state index is -0.440. The van der Waals surface area contributed by atoms with E-state index in [2.05, 4.69) is 10.3 Å². The van der Waals surface area contributed by atoms with Crippen LogP contribution < -0.4 is 11.1 Å². The topological polar surface area (TPSA) is 90.0 Å². The molecule has 0 aliphatic heterocycles. The lowest BCUT2D eigenvalue weighted by atomic mass is 10.2. The van der Waals surface area contributed by atoms with Crippen molar-refractivity contribution in [1.82, 2.24) is 14.9 Å². The number of hydrogen-bond donors (Lipinski definition) is 2. The zero-order valence-electron chi connectivity index (χ0n) is 11.6. The van der Waals surface area contributed by atoms with Gasteiger partial charge in [0.2, 0.25) is 11.8 Å². The minimum absolute atomic E-state index is 0.0490. The molecule has 0 fully saturated rings. The van der Waals surface area contributed by atoms with Gasteiger partial charge in [-0.3, -0.25) is 9.59 Å². The van der Waals surface area contributed by atoms with Gasteiger partial charge in [-0.15, -0.1) is 0 Å². The van der Waals surface area contributed by atoms with Crippen LogP contribution >= 0.6 is 0 Å². The Morgan fingerprint density at radius 2 is 2.05 bits per heavy atom. The number of imidazole rings is 1. The summed E-state index contributed by atoms with van der Waals surface area (Å²) in [5.41, 5.74) is 6.89. The summed E-state index contributed by atoms with van der Waals surface area (Å²) < 4.78 is 1.73. The molecule has 2 amide bonds. The Balaban J connectivity index is 2.31. The number of nitrogens with zero attached hydrogens (tertiary/aromatic N) is 2. The molecule has 0 aliphatic rings. The summed E-state index contributed by atoms with van der Waals surface area (Å²) in [5, 5.41) is 2.80. The first-order chi connectivity index (χ1) is 9.49. The fourth-order valence-electron chi connectivity index (χ4n) is 1.96. The molecule has 0 saturated heterocycles. The molecule has 0 aliphatic carbocycles. The van der Waals surface area contributed by atoms with Crippen LogP contribution in [0, 0.1) is 5.92 Å². The molecule has 0 spiro atoms. The van der Waals surface area contributed by atoms with Crippen molar-refractivity contribution >= 4 is 22.8 Å². The highest BCUT2D eigenvalue weighted by Gasteiger charge is 2.13. The number of hydrogen-bond acceptors (Lipinski definition) is 3. The van der Waals surface area contributed by atoms with Gasteiger partial charge in [0.25, 0.3) is 0 Å². The van der Waals surface area contributed by atoms with E-state index in [4.69, 9.17) is 5.73 Å². The number of carbonyl (C=O) groups is 2. The van der Waals surface area contributed by atoms with Gasteiger partial charge in [0.1, 0.15) is 12.4 Å². The van der Waals surface area contributed by atoms with Crippen molar-refractivity contribution in [1.29, 1.82) is 0 Å². The van der Waals surface area contributed by atoms with Crippen LogP contribution in [0.5, 0.6) is 0 Å². The molecule has 1 aromatic carbocycles. The van der Waals surface area contributed by atoms with Gasteiger partial charge in [0, 0.05) is 5.92 Å². The highest BCUT2D eigenvalue weighted by Crippen LogP contribution is 2.15. The highest BCUT2D eigenvalue weighted by molar-refractivity contribution is 5.81. The van der Waals surface area contributed by atoms with Crippen molar-refractivity contribution in [2.45, 2.75) is 26.9 Å². The molecule has 1 aromatic heterocycles. The molecule has 3 N–H and O–H groups in total. The van der Waals surface area contributed by atoms with Gasteiger partial charge in [0.15, 0.2) is 0 Å². The van der Waals surface area contributed by atoms with Gasteiger partial charge >= 0.3 is 0 Å². The molecule has 0 radical (unpaired) electrons. The second kappa shape index (κ2) is 5.73. The molecule has 0 saturated carbocycles. The summed E-state index contributed by atoms with van der Waals surface area (Å²) in [6.45, 7) is 3.97. The summed E-state index contributed by atoms with van der Waals surface area (Å²) in [4.78, 5) is 27.3. The lowest BCUT2D eigenvalue weighted by molar-refractivity contribution is -0.124. The average molecular weight is 274 g/mol. The maximum Gasteiger partial charge on any atom is 0.237 e. The first kappa shape index (κ1) is 14.0. The van der Waals surface area contributed by atoms with E-state index in [9.17, 15) is 9.59 Å². The molecule has 0 unspecified atom stereocenters. The van der Waals surface area contributed by atoms with Gasteiger partial charge in [-0.25, -0.2) is 4.98 Å². The molecule has 0 atom stereocenters.